The lowest BCUT2D eigenvalue weighted by Gasteiger charge is -2.22. The average Bonchev–Trinajstić information content (AvgIpc) is 2.39. The third kappa shape index (κ3) is 4.46. The lowest BCUT2D eigenvalue weighted by atomic mass is 10.1. The van der Waals surface area contributed by atoms with Gasteiger partial charge in [0, 0.05) is 0 Å². The predicted molar refractivity (Wildman–Crippen MR) is 68.9 cm³/mol. The summed E-state index contributed by atoms with van der Waals surface area (Å²) in [4.78, 5) is 0. The van der Waals surface area contributed by atoms with Crippen LogP contribution in [0.2, 0.25) is 0 Å². The lowest BCUT2D eigenvalue weighted by Crippen LogP contribution is -2.30. The van der Waals surface area contributed by atoms with Crippen molar-refractivity contribution in [1.29, 1.82) is 5.26 Å². The van der Waals surface area contributed by atoms with Gasteiger partial charge in [-0.2, -0.15) is 5.26 Å². The molecule has 1 N–H and O–H groups in total. The summed E-state index contributed by atoms with van der Waals surface area (Å²) in [6, 6.07) is 10.9. The van der Waals surface area contributed by atoms with Gasteiger partial charge in [-0.1, -0.05) is 50.8 Å². The second-order valence-corrected chi connectivity index (χ2v) is 4.17. The number of nitrogens with zero attached hydrogens (tertiary/aromatic N) is 2. The second-order valence-electron chi connectivity index (χ2n) is 4.17. The number of hydroxylamine groups is 1. The number of nitriles is 1. The van der Waals surface area contributed by atoms with E-state index in [1.165, 1.54) is 12.8 Å². The summed E-state index contributed by atoms with van der Waals surface area (Å²) in [5.74, 6) is 0. The highest BCUT2D eigenvalue weighted by Crippen LogP contribution is 2.17. The van der Waals surface area contributed by atoms with Gasteiger partial charge in [-0.05, 0) is 18.6 Å². The van der Waals surface area contributed by atoms with Crippen LogP contribution in [-0.4, -0.2) is 11.2 Å². The van der Waals surface area contributed by atoms with Crippen molar-refractivity contribution >= 4 is 5.69 Å². The largest absolute Gasteiger partial charge is 0.287 e. The molecule has 1 aromatic carbocycles. The van der Waals surface area contributed by atoms with Gasteiger partial charge in [-0.15, -0.1) is 0 Å². The molecule has 1 atom stereocenters. The van der Waals surface area contributed by atoms with Crippen LogP contribution in [0.4, 0.5) is 5.69 Å². The molecule has 0 spiro atoms. The van der Waals surface area contributed by atoms with Crippen molar-refractivity contribution in [3.63, 3.8) is 0 Å². The summed E-state index contributed by atoms with van der Waals surface area (Å²) in [7, 11) is 0. The van der Waals surface area contributed by atoms with Gasteiger partial charge >= 0.3 is 0 Å². The molecule has 0 saturated heterocycles. The number of para-hydroxylation sites is 1. The Hall–Kier alpha value is -1.53. The van der Waals surface area contributed by atoms with Crippen LogP contribution in [0.1, 0.15) is 39.0 Å². The Morgan fingerprint density at radius 2 is 1.94 bits per heavy atom. The maximum absolute atomic E-state index is 9.95. The van der Waals surface area contributed by atoms with Crippen LogP contribution >= 0.6 is 0 Å². The lowest BCUT2D eigenvalue weighted by molar-refractivity contribution is 0.228. The molecule has 1 unspecified atom stereocenters. The minimum absolute atomic E-state index is 0.450. The molecule has 0 aliphatic heterocycles. The highest BCUT2D eigenvalue weighted by Gasteiger charge is 2.15. The highest BCUT2D eigenvalue weighted by molar-refractivity contribution is 5.45. The Morgan fingerprint density at radius 1 is 1.24 bits per heavy atom. The van der Waals surface area contributed by atoms with Crippen molar-refractivity contribution in [3.05, 3.63) is 30.3 Å². The van der Waals surface area contributed by atoms with Gasteiger partial charge in [-0.3, -0.25) is 5.21 Å². The number of unbranched alkanes of at least 4 members (excludes halogenated alkanes) is 3. The molecule has 1 rings (SSSR count). The molecule has 0 bridgehead atoms. The molecule has 1 aromatic rings. The van der Waals surface area contributed by atoms with Crippen molar-refractivity contribution in [2.45, 2.75) is 45.1 Å². The SMILES string of the molecule is CCCCCCC(C#N)N(O)c1ccccc1. The van der Waals surface area contributed by atoms with Crippen LogP contribution in [-0.2, 0) is 0 Å². The fraction of sp³-hybridized carbons (Fsp3) is 0.500. The van der Waals surface area contributed by atoms with E-state index in [1.54, 1.807) is 12.1 Å². The molecular formula is C14H20N2O. The number of hydrogen-bond donors (Lipinski definition) is 1. The summed E-state index contributed by atoms with van der Waals surface area (Å²) in [5, 5.41) is 20.1. The Bertz CT molecular complexity index is 345. The summed E-state index contributed by atoms with van der Waals surface area (Å²) in [6.45, 7) is 2.16. The Balaban J connectivity index is 2.48. The number of rotatable bonds is 7. The maximum atomic E-state index is 9.95. The van der Waals surface area contributed by atoms with Gasteiger partial charge in [0.15, 0.2) is 0 Å². The molecule has 0 fully saturated rings. The molecule has 0 saturated carbocycles. The van der Waals surface area contributed by atoms with E-state index < -0.39 is 6.04 Å². The van der Waals surface area contributed by atoms with Crippen molar-refractivity contribution in [3.8, 4) is 6.07 Å². The summed E-state index contributed by atoms with van der Waals surface area (Å²) >= 11 is 0. The van der Waals surface area contributed by atoms with Gasteiger partial charge in [0.1, 0.15) is 6.04 Å². The zero-order valence-electron chi connectivity index (χ0n) is 10.3. The Labute approximate surface area is 103 Å². The fourth-order valence-corrected chi connectivity index (χ4v) is 1.77. The first-order valence-electron chi connectivity index (χ1n) is 6.22. The summed E-state index contributed by atoms with van der Waals surface area (Å²) in [6.07, 6.45) is 5.18. The summed E-state index contributed by atoms with van der Waals surface area (Å²) in [5.41, 5.74) is 0.676. The smallest absolute Gasteiger partial charge is 0.142 e. The van der Waals surface area contributed by atoms with E-state index in [9.17, 15) is 5.21 Å². The van der Waals surface area contributed by atoms with Crippen LogP contribution in [0, 0.1) is 11.3 Å². The van der Waals surface area contributed by atoms with Crippen molar-refractivity contribution in [1.82, 2.24) is 0 Å². The van der Waals surface area contributed by atoms with E-state index in [1.807, 2.05) is 18.2 Å². The predicted octanol–water partition coefficient (Wildman–Crippen LogP) is 3.74. The standard InChI is InChI=1S/C14H20N2O/c1-2-3-4-6-11-14(12-15)16(17)13-9-7-5-8-10-13/h5,7-10,14,17H,2-4,6,11H2,1H3. The zero-order valence-corrected chi connectivity index (χ0v) is 10.3. The maximum Gasteiger partial charge on any atom is 0.142 e. The molecule has 0 aliphatic rings. The third-order valence-electron chi connectivity index (χ3n) is 2.80. The Kier molecular flexibility index (Phi) is 6.13. The normalized spacial score (nSPS) is 11.8. The molecule has 0 heterocycles. The van der Waals surface area contributed by atoms with Crippen LogP contribution in [0.3, 0.4) is 0 Å². The van der Waals surface area contributed by atoms with Gasteiger partial charge in [0.25, 0.3) is 0 Å². The van der Waals surface area contributed by atoms with Crippen LogP contribution in [0.15, 0.2) is 30.3 Å². The molecule has 0 aromatic heterocycles. The van der Waals surface area contributed by atoms with Crippen molar-refractivity contribution < 1.29 is 5.21 Å². The van der Waals surface area contributed by atoms with E-state index >= 15 is 0 Å². The van der Waals surface area contributed by atoms with E-state index in [2.05, 4.69) is 13.0 Å². The minimum atomic E-state index is -0.450. The van der Waals surface area contributed by atoms with E-state index in [0.29, 0.717) is 12.1 Å². The first kappa shape index (κ1) is 13.5. The van der Waals surface area contributed by atoms with Crippen LogP contribution < -0.4 is 5.06 Å². The quantitative estimate of drug-likeness (QED) is 0.575. The molecule has 3 nitrogen and oxygen atoms in total. The number of anilines is 1. The zero-order chi connectivity index (χ0) is 12.5. The molecule has 0 aliphatic carbocycles. The summed E-state index contributed by atoms with van der Waals surface area (Å²) < 4.78 is 0. The van der Waals surface area contributed by atoms with Crippen molar-refractivity contribution in [2.24, 2.45) is 0 Å². The van der Waals surface area contributed by atoms with Crippen LogP contribution in [0.5, 0.6) is 0 Å². The van der Waals surface area contributed by atoms with Crippen molar-refractivity contribution in [2.75, 3.05) is 5.06 Å². The number of hydrogen-bond acceptors (Lipinski definition) is 3. The monoisotopic (exact) mass is 232 g/mol. The molecule has 3 heteroatoms. The molecule has 0 amide bonds. The van der Waals surface area contributed by atoms with E-state index in [0.717, 1.165) is 17.9 Å². The van der Waals surface area contributed by atoms with E-state index in [4.69, 9.17) is 5.26 Å². The van der Waals surface area contributed by atoms with E-state index in [-0.39, 0.29) is 0 Å². The number of benzene rings is 1. The van der Waals surface area contributed by atoms with Gasteiger partial charge < -0.3 is 0 Å². The second kappa shape index (κ2) is 7.70. The first-order chi connectivity index (χ1) is 8.29. The fourth-order valence-electron chi connectivity index (χ4n) is 1.77. The molecule has 17 heavy (non-hydrogen) atoms. The molecule has 0 radical (unpaired) electrons. The molecule has 92 valence electrons. The van der Waals surface area contributed by atoms with Gasteiger partial charge in [0.05, 0.1) is 11.8 Å². The van der Waals surface area contributed by atoms with Gasteiger partial charge in [-0.25, -0.2) is 5.06 Å². The minimum Gasteiger partial charge on any atom is -0.287 e. The third-order valence-corrected chi connectivity index (χ3v) is 2.80. The van der Waals surface area contributed by atoms with Crippen LogP contribution in [0.25, 0.3) is 0 Å². The average molecular weight is 232 g/mol. The first-order valence-corrected chi connectivity index (χ1v) is 6.22. The Morgan fingerprint density at radius 3 is 2.53 bits per heavy atom. The topological polar surface area (TPSA) is 47.3 Å². The highest BCUT2D eigenvalue weighted by atomic mass is 16.5. The molecular weight excluding hydrogens is 212 g/mol. The van der Waals surface area contributed by atoms with Gasteiger partial charge in [0.2, 0.25) is 0 Å².